The molecule has 3 saturated heterocycles. The number of hydrogen-bond donors (Lipinski definition) is 1. The summed E-state index contributed by atoms with van der Waals surface area (Å²) < 4.78 is 5.35. The van der Waals surface area contributed by atoms with Crippen molar-refractivity contribution in [3.63, 3.8) is 0 Å². The maximum Gasteiger partial charge on any atom is 0.119 e. The maximum absolute atomic E-state index is 11.2. The number of hydrogen-bond acceptors (Lipinski definition) is 4. The molecule has 24 heavy (non-hydrogen) atoms. The molecular weight excluding hydrogens is 300 g/mol. The number of aromatic nitrogens is 1. The lowest BCUT2D eigenvalue weighted by Crippen LogP contribution is -2.54. The summed E-state index contributed by atoms with van der Waals surface area (Å²) in [6, 6.07) is 7.96. The number of ether oxygens (including phenoxy) is 1. The Labute approximate surface area is 142 Å². The lowest BCUT2D eigenvalue weighted by atomic mass is 9.73. The standard InChI is InChI=1S/C20H24N2O2/c1-3-13-12-22-9-7-14(13)10-19(22)20(23)16-6-8-21-18-5-4-15(24-2)11-17(16)18/h3-6,8,11,13-14,19-20,23H,1,7,9-10,12H2,2H3/t13-,14?,19?,20+/m1/s1. The van der Waals surface area contributed by atoms with Crippen LogP contribution in [0.2, 0.25) is 0 Å². The molecule has 2 aromatic rings. The van der Waals surface area contributed by atoms with E-state index in [0.29, 0.717) is 11.8 Å². The Balaban J connectivity index is 1.69. The molecule has 3 aliphatic rings. The highest BCUT2D eigenvalue weighted by atomic mass is 16.5. The van der Waals surface area contributed by atoms with Crippen LogP contribution in [0.5, 0.6) is 5.75 Å². The van der Waals surface area contributed by atoms with Gasteiger partial charge in [0.2, 0.25) is 0 Å². The van der Waals surface area contributed by atoms with E-state index < -0.39 is 6.10 Å². The summed E-state index contributed by atoms with van der Waals surface area (Å²) in [6.45, 7) is 6.07. The van der Waals surface area contributed by atoms with Gasteiger partial charge in [-0.3, -0.25) is 9.88 Å². The van der Waals surface area contributed by atoms with Crippen molar-refractivity contribution in [1.82, 2.24) is 9.88 Å². The van der Waals surface area contributed by atoms with E-state index in [2.05, 4.69) is 22.5 Å². The van der Waals surface area contributed by atoms with Crippen molar-refractivity contribution < 1.29 is 9.84 Å². The molecule has 5 atom stereocenters. The van der Waals surface area contributed by atoms with Crippen LogP contribution in [0.15, 0.2) is 43.1 Å². The number of pyridine rings is 1. The van der Waals surface area contributed by atoms with Crippen molar-refractivity contribution in [2.24, 2.45) is 11.8 Å². The highest BCUT2D eigenvalue weighted by Crippen LogP contribution is 2.42. The minimum Gasteiger partial charge on any atom is -0.497 e. The summed E-state index contributed by atoms with van der Waals surface area (Å²) in [6.07, 6.45) is 5.62. The first-order chi connectivity index (χ1) is 11.7. The number of piperidine rings is 3. The summed E-state index contributed by atoms with van der Waals surface area (Å²) in [4.78, 5) is 6.86. The van der Waals surface area contributed by atoms with Crippen LogP contribution < -0.4 is 4.74 Å². The molecule has 3 fully saturated rings. The van der Waals surface area contributed by atoms with Crippen LogP contribution in [0.25, 0.3) is 10.9 Å². The molecule has 1 aromatic carbocycles. The van der Waals surface area contributed by atoms with Crippen LogP contribution in [0.3, 0.4) is 0 Å². The number of nitrogens with zero attached hydrogens (tertiary/aromatic N) is 2. The molecular formula is C20H24N2O2. The van der Waals surface area contributed by atoms with Crippen molar-refractivity contribution >= 4 is 10.9 Å². The Morgan fingerprint density at radius 2 is 2.29 bits per heavy atom. The summed E-state index contributed by atoms with van der Waals surface area (Å²) >= 11 is 0. The molecule has 0 radical (unpaired) electrons. The molecule has 1 aromatic heterocycles. The van der Waals surface area contributed by atoms with Crippen LogP contribution in [-0.4, -0.2) is 41.2 Å². The zero-order valence-corrected chi connectivity index (χ0v) is 14.1. The normalized spacial score (nSPS) is 30.2. The van der Waals surface area contributed by atoms with Crippen molar-refractivity contribution in [3.8, 4) is 5.75 Å². The summed E-state index contributed by atoms with van der Waals surface area (Å²) in [5.41, 5.74) is 1.85. The third-order valence-corrected chi connectivity index (χ3v) is 5.82. The van der Waals surface area contributed by atoms with Crippen molar-refractivity contribution in [3.05, 3.63) is 48.7 Å². The molecule has 1 N–H and O–H groups in total. The quantitative estimate of drug-likeness (QED) is 0.878. The third-order valence-electron chi connectivity index (χ3n) is 5.82. The van der Waals surface area contributed by atoms with Gasteiger partial charge in [0.05, 0.1) is 18.7 Å². The van der Waals surface area contributed by atoms with Gasteiger partial charge in [0.25, 0.3) is 0 Å². The third kappa shape index (κ3) is 2.50. The molecule has 4 nitrogen and oxygen atoms in total. The fraction of sp³-hybridized carbons (Fsp3) is 0.450. The molecule has 0 amide bonds. The second kappa shape index (κ2) is 6.19. The lowest BCUT2D eigenvalue weighted by molar-refractivity contribution is -0.0444. The van der Waals surface area contributed by atoms with Gasteiger partial charge in [-0.2, -0.15) is 0 Å². The van der Waals surface area contributed by atoms with E-state index in [1.165, 1.54) is 6.42 Å². The molecule has 4 heteroatoms. The average Bonchev–Trinajstić information content (AvgIpc) is 2.66. The van der Waals surface area contributed by atoms with E-state index in [1.807, 2.05) is 24.3 Å². The molecule has 4 heterocycles. The predicted octanol–water partition coefficient (Wildman–Crippen LogP) is 3.17. The largest absolute Gasteiger partial charge is 0.497 e. The number of benzene rings is 1. The average molecular weight is 324 g/mol. The Hall–Kier alpha value is -1.91. The van der Waals surface area contributed by atoms with Gasteiger partial charge in [0, 0.05) is 24.2 Å². The molecule has 3 unspecified atom stereocenters. The SMILES string of the molecule is C=C[C@@H]1CN2CCC1CC2[C@@H](O)c1ccnc2ccc(OC)cc12. The maximum atomic E-state index is 11.2. The second-order valence-electron chi connectivity index (χ2n) is 6.97. The topological polar surface area (TPSA) is 45.6 Å². The van der Waals surface area contributed by atoms with Crippen LogP contribution in [0.1, 0.15) is 24.5 Å². The minimum atomic E-state index is -0.504. The van der Waals surface area contributed by atoms with Gasteiger partial charge in [0.1, 0.15) is 5.75 Å². The van der Waals surface area contributed by atoms with Gasteiger partial charge in [-0.25, -0.2) is 0 Å². The van der Waals surface area contributed by atoms with Gasteiger partial charge >= 0.3 is 0 Å². The van der Waals surface area contributed by atoms with Crippen LogP contribution in [-0.2, 0) is 0 Å². The first-order valence-electron chi connectivity index (χ1n) is 8.68. The van der Waals surface area contributed by atoms with Gasteiger partial charge in [0.15, 0.2) is 0 Å². The zero-order valence-electron chi connectivity index (χ0n) is 14.1. The number of aliphatic hydroxyl groups is 1. The molecule has 126 valence electrons. The van der Waals surface area contributed by atoms with E-state index in [1.54, 1.807) is 13.3 Å². The van der Waals surface area contributed by atoms with E-state index in [0.717, 1.165) is 41.7 Å². The first kappa shape index (κ1) is 15.6. The highest BCUT2D eigenvalue weighted by molar-refractivity contribution is 5.83. The number of fused-ring (bicyclic) bond motifs is 4. The van der Waals surface area contributed by atoms with Gasteiger partial charge in [-0.1, -0.05) is 6.08 Å². The summed E-state index contributed by atoms with van der Waals surface area (Å²) in [5.74, 6) is 2.01. The lowest BCUT2D eigenvalue weighted by Gasteiger charge is -2.50. The fourth-order valence-electron chi connectivity index (χ4n) is 4.44. The van der Waals surface area contributed by atoms with Crippen LogP contribution >= 0.6 is 0 Å². The zero-order chi connectivity index (χ0) is 16.7. The Morgan fingerprint density at radius 3 is 3.00 bits per heavy atom. The van der Waals surface area contributed by atoms with E-state index in [4.69, 9.17) is 4.74 Å². The van der Waals surface area contributed by atoms with Crippen LogP contribution in [0.4, 0.5) is 0 Å². The van der Waals surface area contributed by atoms with E-state index >= 15 is 0 Å². The highest BCUT2D eigenvalue weighted by Gasteiger charge is 2.42. The van der Waals surface area contributed by atoms with Crippen molar-refractivity contribution in [2.75, 3.05) is 20.2 Å². The number of rotatable bonds is 4. The van der Waals surface area contributed by atoms with Gasteiger partial charge in [-0.15, -0.1) is 6.58 Å². The van der Waals surface area contributed by atoms with Crippen molar-refractivity contribution in [2.45, 2.75) is 25.0 Å². The number of aliphatic hydroxyl groups excluding tert-OH is 1. The fourth-order valence-corrected chi connectivity index (χ4v) is 4.44. The Morgan fingerprint density at radius 1 is 1.42 bits per heavy atom. The minimum absolute atomic E-state index is 0.178. The van der Waals surface area contributed by atoms with Gasteiger partial charge in [-0.05, 0) is 61.1 Å². The number of methoxy groups -OCH3 is 1. The molecule has 5 rings (SSSR count). The molecule has 0 spiro atoms. The predicted molar refractivity (Wildman–Crippen MR) is 95.0 cm³/mol. The molecule has 3 aliphatic heterocycles. The van der Waals surface area contributed by atoms with E-state index in [9.17, 15) is 5.11 Å². The summed E-state index contributed by atoms with van der Waals surface area (Å²) in [5, 5.41) is 12.1. The van der Waals surface area contributed by atoms with E-state index in [-0.39, 0.29) is 6.04 Å². The monoisotopic (exact) mass is 324 g/mol. The Bertz CT molecular complexity index is 760. The molecule has 0 saturated carbocycles. The summed E-state index contributed by atoms with van der Waals surface area (Å²) in [7, 11) is 1.66. The second-order valence-corrected chi connectivity index (χ2v) is 6.97. The van der Waals surface area contributed by atoms with Gasteiger partial charge < -0.3 is 9.84 Å². The van der Waals surface area contributed by atoms with Crippen molar-refractivity contribution in [1.29, 1.82) is 0 Å². The smallest absolute Gasteiger partial charge is 0.119 e. The first-order valence-corrected chi connectivity index (χ1v) is 8.68. The molecule has 2 bridgehead atoms. The molecule has 0 aliphatic carbocycles. The Kier molecular flexibility index (Phi) is 4.02. The van der Waals surface area contributed by atoms with Crippen LogP contribution in [0, 0.1) is 11.8 Å².